The molecule has 0 aromatic rings. The van der Waals surface area contributed by atoms with E-state index >= 15 is 0 Å². The number of rotatable bonds is 1. The fraction of sp³-hybridized carbons (Fsp3) is 0.833. The van der Waals surface area contributed by atoms with Crippen LogP contribution in [0.15, 0.2) is 0 Å². The molecule has 4 nitrogen and oxygen atoms in total. The predicted octanol–water partition coefficient (Wildman–Crippen LogP) is -1.31. The second-order valence-electron chi connectivity index (χ2n) is 2.70. The van der Waals surface area contributed by atoms with Gasteiger partial charge in [-0.15, -0.1) is 0 Å². The van der Waals surface area contributed by atoms with Gasteiger partial charge in [-0.05, 0) is 0 Å². The zero-order valence-electron chi connectivity index (χ0n) is 6.41. The van der Waals surface area contributed by atoms with E-state index in [1.54, 1.807) is 0 Å². The van der Waals surface area contributed by atoms with Gasteiger partial charge in [-0.1, -0.05) is 0 Å². The lowest BCUT2D eigenvalue weighted by molar-refractivity contribution is -0.120. The third kappa shape index (κ3) is 3.38. The van der Waals surface area contributed by atoms with Gasteiger partial charge in [0.25, 0.3) is 0 Å². The molecule has 1 aliphatic rings. The highest BCUT2D eigenvalue weighted by Gasteiger charge is 2.22. The van der Waals surface area contributed by atoms with E-state index in [1.807, 2.05) is 0 Å². The van der Waals surface area contributed by atoms with E-state index in [9.17, 15) is 13.2 Å². The summed E-state index contributed by atoms with van der Waals surface area (Å²) in [6.45, 7) is 0.718. The van der Waals surface area contributed by atoms with Crippen LogP contribution in [0.5, 0.6) is 0 Å². The van der Waals surface area contributed by atoms with Crippen molar-refractivity contribution >= 4 is 38.9 Å². The number of ketones is 1. The molecule has 0 radical (unpaired) electrons. The monoisotopic (exact) mass is 203 g/mol. The number of nitrogens with zero attached hydrogens (tertiary/aromatic N) is 1. The van der Waals surface area contributed by atoms with Gasteiger partial charge in [0.1, 0.15) is 5.78 Å². The molecule has 1 fully saturated rings. The van der Waals surface area contributed by atoms with Crippen LogP contribution in [0.4, 0.5) is 0 Å². The van der Waals surface area contributed by atoms with Gasteiger partial charge in [-0.2, -0.15) is 0 Å². The molecule has 0 aliphatic carbocycles. The van der Waals surface area contributed by atoms with Crippen LogP contribution in [-0.2, 0) is 14.8 Å². The number of hydrogen-bond donors (Lipinski definition) is 0. The van der Waals surface area contributed by atoms with Crippen molar-refractivity contribution in [3.63, 3.8) is 0 Å². The van der Waals surface area contributed by atoms with Gasteiger partial charge >= 0.3 is 23.1 Å². The molecule has 68 valence electrons. The maximum atomic E-state index is 10.9. The van der Waals surface area contributed by atoms with E-state index in [1.165, 1.54) is 10.6 Å². The van der Waals surface area contributed by atoms with Gasteiger partial charge in [0.2, 0.25) is 10.0 Å². The molecule has 0 aromatic carbocycles. The first-order valence-corrected chi connectivity index (χ1v) is 5.32. The van der Waals surface area contributed by atoms with Gasteiger partial charge in [0, 0.05) is 25.9 Å². The SMILES string of the molecule is CS(=O)(=O)N1CCC(=O)CC1.[MgH2]. The largest absolute Gasteiger partial charge is 0.316 e. The van der Waals surface area contributed by atoms with Crippen LogP contribution in [0, 0.1) is 0 Å². The summed E-state index contributed by atoms with van der Waals surface area (Å²) in [7, 11) is -3.07. The van der Waals surface area contributed by atoms with Crippen molar-refractivity contribution < 1.29 is 13.2 Å². The molecule has 12 heavy (non-hydrogen) atoms. The second-order valence-corrected chi connectivity index (χ2v) is 4.68. The van der Waals surface area contributed by atoms with Crippen LogP contribution in [0.25, 0.3) is 0 Å². The van der Waals surface area contributed by atoms with E-state index in [-0.39, 0.29) is 28.8 Å². The van der Waals surface area contributed by atoms with E-state index in [2.05, 4.69) is 0 Å². The summed E-state index contributed by atoms with van der Waals surface area (Å²) in [5.74, 6) is 0.157. The summed E-state index contributed by atoms with van der Waals surface area (Å²) in [4.78, 5) is 10.7. The van der Waals surface area contributed by atoms with Gasteiger partial charge in [-0.25, -0.2) is 12.7 Å². The molecule has 1 rings (SSSR count). The fourth-order valence-corrected chi connectivity index (χ4v) is 1.91. The Morgan fingerprint density at radius 1 is 1.25 bits per heavy atom. The summed E-state index contributed by atoms with van der Waals surface area (Å²) in [5.41, 5.74) is 0. The van der Waals surface area contributed by atoms with Gasteiger partial charge in [0.05, 0.1) is 6.26 Å². The Balaban J connectivity index is 0.00000121. The van der Waals surface area contributed by atoms with Crippen LogP contribution in [0.2, 0.25) is 0 Å². The van der Waals surface area contributed by atoms with Gasteiger partial charge < -0.3 is 0 Å². The van der Waals surface area contributed by atoms with Crippen molar-refractivity contribution in [3.8, 4) is 0 Å². The van der Waals surface area contributed by atoms with Crippen LogP contribution >= 0.6 is 0 Å². The zero-order chi connectivity index (χ0) is 8.48. The minimum Gasteiger partial charge on any atom is -0.300 e. The molecule has 0 amide bonds. The lowest BCUT2D eigenvalue weighted by Gasteiger charge is -2.22. The van der Waals surface area contributed by atoms with Gasteiger partial charge in [-0.3, -0.25) is 4.79 Å². The third-order valence-electron chi connectivity index (χ3n) is 1.75. The van der Waals surface area contributed by atoms with E-state index < -0.39 is 10.0 Å². The molecule has 0 bridgehead atoms. The number of Topliss-reactive ketones (excluding diaryl/α,β-unsaturated/α-hetero) is 1. The standard InChI is InChI=1S/C6H11NO3S.Mg.2H/c1-11(9,10)7-4-2-6(8)3-5-7;;;/h2-5H2,1H3;;;. The van der Waals surface area contributed by atoms with Crippen molar-refractivity contribution in [2.24, 2.45) is 0 Å². The van der Waals surface area contributed by atoms with Crippen molar-refractivity contribution in [3.05, 3.63) is 0 Å². The minimum absolute atomic E-state index is 0. The molecular weight excluding hydrogens is 190 g/mol. The summed E-state index contributed by atoms with van der Waals surface area (Å²) in [6.07, 6.45) is 1.91. The summed E-state index contributed by atoms with van der Waals surface area (Å²) < 4.78 is 23.2. The van der Waals surface area contributed by atoms with Crippen LogP contribution in [-0.4, -0.2) is 60.9 Å². The average Bonchev–Trinajstić information content (AvgIpc) is 1.86. The van der Waals surface area contributed by atoms with Crippen molar-refractivity contribution in [1.82, 2.24) is 4.31 Å². The van der Waals surface area contributed by atoms with Crippen LogP contribution < -0.4 is 0 Å². The topological polar surface area (TPSA) is 54.5 Å². The first-order chi connectivity index (χ1) is 5.00. The number of carbonyl (C=O) groups is 1. The van der Waals surface area contributed by atoms with Crippen molar-refractivity contribution in [2.45, 2.75) is 12.8 Å². The minimum atomic E-state index is -3.07. The number of hydrogen-bond acceptors (Lipinski definition) is 3. The lowest BCUT2D eigenvalue weighted by Crippen LogP contribution is -2.37. The molecule has 1 aliphatic heterocycles. The Morgan fingerprint density at radius 3 is 2.00 bits per heavy atom. The van der Waals surface area contributed by atoms with Crippen molar-refractivity contribution in [2.75, 3.05) is 19.3 Å². The third-order valence-corrected chi connectivity index (χ3v) is 3.05. The predicted molar refractivity (Wildman–Crippen MR) is 49.2 cm³/mol. The molecular formula is C6H13MgNO3S. The maximum absolute atomic E-state index is 10.9. The molecule has 0 N–H and O–H groups in total. The molecule has 6 heteroatoms. The molecule has 1 heterocycles. The van der Waals surface area contributed by atoms with Crippen molar-refractivity contribution in [1.29, 1.82) is 0 Å². The quantitative estimate of drug-likeness (QED) is 0.498. The fourth-order valence-electron chi connectivity index (χ4n) is 1.07. The highest BCUT2D eigenvalue weighted by Crippen LogP contribution is 2.08. The molecule has 0 unspecified atom stereocenters. The molecule has 0 saturated carbocycles. The lowest BCUT2D eigenvalue weighted by atomic mass is 10.1. The Bertz CT molecular complexity index is 252. The zero-order valence-corrected chi connectivity index (χ0v) is 7.23. The normalized spacial score (nSPS) is 20.2. The van der Waals surface area contributed by atoms with Crippen LogP contribution in [0.1, 0.15) is 12.8 Å². The summed E-state index contributed by atoms with van der Waals surface area (Å²) in [6, 6.07) is 0. The smallest absolute Gasteiger partial charge is 0.300 e. The molecule has 1 saturated heterocycles. The Hall–Kier alpha value is 0.346. The van der Waals surface area contributed by atoms with E-state index in [4.69, 9.17) is 0 Å². The first-order valence-electron chi connectivity index (χ1n) is 3.47. The number of sulfonamides is 1. The van der Waals surface area contributed by atoms with Gasteiger partial charge in [0.15, 0.2) is 0 Å². The van der Waals surface area contributed by atoms with E-state index in [0.29, 0.717) is 25.9 Å². The highest BCUT2D eigenvalue weighted by atomic mass is 32.2. The van der Waals surface area contributed by atoms with E-state index in [0.717, 1.165) is 0 Å². The Kier molecular flexibility index (Phi) is 4.68. The number of piperidine rings is 1. The van der Waals surface area contributed by atoms with Crippen LogP contribution in [0.3, 0.4) is 0 Å². The Morgan fingerprint density at radius 2 is 1.67 bits per heavy atom. The molecule has 0 spiro atoms. The number of carbonyl (C=O) groups excluding carboxylic acids is 1. The molecule has 0 aromatic heterocycles. The highest BCUT2D eigenvalue weighted by molar-refractivity contribution is 7.88. The first kappa shape index (κ1) is 12.3. The second kappa shape index (κ2) is 4.55. The Labute approximate surface area is 88.5 Å². The summed E-state index contributed by atoms with van der Waals surface area (Å²) >= 11 is 0. The maximum Gasteiger partial charge on any atom is 0.316 e. The molecule has 0 atom stereocenters. The average molecular weight is 204 g/mol. The summed E-state index contributed by atoms with van der Waals surface area (Å²) in [5, 5.41) is 0.